The molecule has 0 saturated heterocycles. The zero-order valence-corrected chi connectivity index (χ0v) is 11.1. The van der Waals surface area contributed by atoms with Gasteiger partial charge in [-0.25, -0.2) is 4.99 Å². The van der Waals surface area contributed by atoms with Gasteiger partial charge in [-0.15, -0.1) is 0 Å². The zero-order valence-electron chi connectivity index (χ0n) is 11.1. The molecule has 0 atom stereocenters. The Morgan fingerprint density at radius 3 is 2.67 bits per heavy atom. The van der Waals surface area contributed by atoms with Crippen molar-refractivity contribution in [1.82, 2.24) is 5.32 Å². The molecule has 0 aromatic heterocycles. The van der Waals surface area contributed by atoms with Gasteiger partial charge in [0.15, 0.2) is 0 Å². The average Bonchev–Trinajstić information content (AvgIpc) is 2.43. The van der Waals surface area contributed by atoms with E-state index in [0.29, 0.717) is 24.2 Å². The Morgan fingerprint density at radius 2 is 2.11 bits per heavy atom. The minimum atomic E-state index is 0.429. The molecule has 0 radical (unpaired) electrons. The lowest BCUT2D eigenvalue weighted by atomic mass is 9.96. The van der Waals surface area contributed by atoms with Crippen molar-refractivity contribution in [3.8, 4) is 0 Å². The van der Waals surface area contributed by atoms with Gasteiger partial charge in [0.1, 0.15) is 0 Å². The molecular formula is C13H23N5. The Labute approximate surface area is 109 Å². The van der Waals surface area contributed by atoms with Crippen LogP contribution in [-0.2, 0) is 0 Å². The van der Waals surface area contributed by atoms with Crippen LogP contribution in [0.5, 0.6) is 0 Å². The summed E-state index contributed by atoms with van der Waals surface area (Å²) in [5.41, 5.74) is 6.26. The van der Waals surface area contributed by atoms with Crippen LogP contribution in [0.3, 0.4) is 0 Å². The summed E-state index contributed by atoms with van der Waals surface area (Å²) < 4.78 is 0. The fourth-order valence-electron chi connectivity index (χ4n) is 1.94. The predicted molar refractivity (Wildman–Crippen MR) is 78.3 cm³/mol. The summed E-state index contributed by atoms with van der Waals surface area (Å²) in [5.74, 6) is 0.476. The second-order valence-corrected chi connectivity index (χ2v) is 4.27. The van der Waals surface area contributed by atoms with Crippen LogP contribution in [0.4, 0.5) is 0 Å². The molecule has 5 nitrogen and oxygen atoms in total. The minimum absolute atomic E-state index is 0.429. The maximum absolute atomic E-state index is 5.55. The topological polar surface area (TPSA) is 75.1 Å². The molecule has 1 rings (SSSR count). The third-order valence-corrected chi connectivity index (χ3v) is 2.89. The van der Waals surface area contributed by atoms with E-state index in [1.165, 1.54) is 38.3 Å². The van der Waals surface area contributed by atoms with Gasteiger partial charge in [-0.05, 0) is 26.5 Å². The molecule has 0 bridgehead atoms. The van der Waals surface area contributed by atoms with Crippen LogP contribution in [0.1, 0.15) is 39.0 Å². The van der Waals surface area contributed by atoms with Crippen LogP contribution in [-0.4, -0.2) is 31.5 Å². The van der Waals surface area contributed by atoms with E-state index in [2.05, 4.69) is 27.0 Å². The van der Waals surface area contributed by atoms with E-state index in [0.717, 1.165) is 0 Å². The number of rotatable bonds is 4. The highest BCUT2D eigenvalue weighted by Gasteiger charge is 2.10. The van der Waals surface area contributed by atoms with Crippen LogP contribution in [0, 0.1) is 0 Å². The molecular weight excluding hydrogens is 226 g/mol. The van der Waals surface area contributed by atoms with E-state index in [1.807, 2.05) is 6.92 Å². The maximum atomic E-state index is 5.55. The molecule has 100 valence electrons. The zero-order chi connectivity index (χ0) is 13.2. The van der Waals surface area contributed by atoms with Gasteiger partial charge in [0.2, 0.25) is 5.96 Å². The Kier molecular flexibility index (Phi) is 6.76. The molecule has 3 N–H and O–H groups in total. The SMILES string of the molecule is C=NC(=NCC)NC(C=NC1CCCCC1)=CN. The highest BCUT2D eigenvalue weighted by Crippen LogP contribution is 2.19. The van der Waals surface area contributed by atoms with Crippen molar-refractivity contribution >= 4 is 18.9 Å². The predicted octanol–water partition coefficient (Wildman–Crippen LogP) is 1.86. The number of nitrogens with two attached hydrogens (primary N) is 1. The second-order valence-electron chi connectivity index (χ2n) is 4.27. The lowest BCUT2D eigenvalue weighted by Gasteiger charge is -2.17. The molecule has 1 fully saturated rings. The van der Waals surface area contributed by atoms with E-state index in [1.54, 1.807) is 6.21 Å². The first kappa shape index (κ1) is 14.4. The van der Waals surface area contributed by atoms with Crippen molar-refractivity contribution < 1.29 is 0 Å². The molecule has 0 aromatic carbocycles. The summed E-state index contributed by atoms with van der Waals surface area (Å²) in [6.45, 7) is 6.05. The third-order valence-electron chi connectivity index (χ3n) is 2.89. The van der Waals surface area contributed by atoms with Crippen molar-refractivity contribution in [2.45, 2.75) is 45.1 Å². The normalized spacial score (nSPS) is 19.2. The molecule has 0 unspecified atom stereocenters. The van der Waals surface area contributed by atoms with Gasteiger partial charge in [0, 0.05) is 19.0 Å². The van der Waals surface area contributed by atoms with Gasteiger partial charge < -0.3 is 11.1 Å². The van der Waals surface area contributed by atoms with Crippen molar-refractivity contribution in [3.63, 3.8) is 0 Å². The van der Waals surface area contributed by atoms with Crippen molar-refractivity contribution in [2.24, 2.45) is 20.7 Å². The average molecular weight is 249 g/mol. The molecule has 18 heavy (non-hydrogen) atoms. The minimum Gasteiger partial charge on any atom is -0.403 e. The lowest BCUT2D eigenvalue weighted by Crippen LogP contribution is -2.23. The Balaban J connectivity index is 2.53. The van der Waals surface area contributed by atoms with Crippen LogP contribution in [0.2, 0.25) is 0 Å². The molecule has 0 spiro atoms. The Morgan fingerprint density at radius 1 is 1.39 bits per heavy atom. The standard InChI is InChI=1S/C13H23N5/c1-3-16-13(15-2)18-12(9-14)10-17-11-7-5-4-6-8-11/h9-11H,2-8,14H2,1H3,(H,16,18). The van der Waals surface area contributed by atoms with E-state index >= 15 is 0 Å². The smallest absolute Gasteiger partial charge is 0.221 e. The molecule has 1 saturated carbocycles. The Bertz CT molecular complexity index is 337. The molecule has 0 aromatic rings. The maximum Gasteiger partial charge on any atom is 0.221 e. The summed E-state index contributed by atoms with van der Waals surface area (Å²) in [7, 11) is 0. The number of allylic oxidation sites excluding steroid dienone is 1. The summed E-state index contributed by atoms with van der Waals surface area (Å²) in [5, 5.41) is 3.00. The number of nitrogens with one attached hydrogen (secondary N) is 1. The molecule has 0 aliphatic heterocycles. The largest absolute Gasteiger partial charge is 0.403 e. The number of guanidine groups is 1. The van der Waals surface area contributed by atoms with Crippen LogP contribution in [0.15, 0.2) is 26.9 Å². The molecule has 1 aliphatic rings. The number of nitrogens with zero attached hydrogens (tertiary/aromatic N) is 3. The van der Waals surface area contributed by atoms with Gasteiger partial charge in [-0.2, -0.15) is 0 Å². The first-order valence-electron chi connectivity index (χ1n) is 6.53. The van der Waals surface area contributed by atoms with Crippen LogP contribution in [0.25, 0.3) is 0 Å². The fourth-order valence-corrected chi connectivity index (χ4v) is 1.94. The number of aliphatic imine (C=N–C) groups is 3. The molecule has 5 heteroatoms. The van der Waals surface area contributed by atoms with E-state index < -0.39 is 0 Å². The molecule has 1 aliphatic carbocycles. The Hall–Kier alpha value is -1.65. The second kappa shape index (κ2) is 8.44. The first-order chi connectivity index (χ1) is 8.80. The number of hydrogen-bond acceptors (Lipinski definition) is 3. The van der Waals surface area contributed by atoms with E-state index in [-0.39, 0.29) is 0 Å². The van der Waals surface area contributed by atoms with Crippen molar-refractivity contribution in [1.29, 1.82) is 0 Å². The van der Waals surface area contributed by atoms with Crippen LogP contribution < -0.4 is 11.1 Å². The molecule has 0 amide bonds. The summed E-state index contributed by atoms with van der Waals surface area (Å²) in [6, 6.07) is 0.429. The van der Waals surface area contributed by atoms with Gasteiger partial charge in [0.25, 0.3) is 0 Å². The third kappa shape index (κ3) is 5.12. The van der Waals surface area contributed by atoms with Gasteiger partial charge in [-0.1, -0.05) is 19.3 Å². The van der Waals surface area contributed by atoms with Crippen LogP contribution >= 0.6 is 0 Å². The van der Waals surface area contributed by atoms with Gasteiger partial charge in [0.05, 0.1) is 11.7 Å². The fraction of sp³-hybridized carbons (Fsp3) is 0.615. The van der Waals surface area contributed by atoms with Gasteiger partial charge in [-0.3, -0.25) is 9.98 Å². The van der Waals surface area contributed by atoms with Gasteiger partial charge >= 0.3 is 0 Å². The highest BCUT2D eigenvalue weighted by atomic mass is 15.1. The monoisotopic (exact) mass is 249 g/mol. The van der Waals surface area contributed by atoms with Crippen molar-refractivity contribution in [2.75, 3.05) is 6.54 Å². The summed E-state index contributed by atoms with van der Waals surface area (Å²) in [6.07, 6.45) is 9.46. The van der Waals surface area contributed by atoms with Crippen molar-refractivity contribution in [3.05, 3.63) is 11.9 Å². The highest BCUT2D eigenvalue weighted by molar-refractivity contribution is 5.91. The van der Waals surface area contributed by atoms with E-state index in [4.69, 9.17) is 5.73 Å². The summed E-state index contributed by atoms with van der Waals surface area (Å²) in [4.78, 5) is 12.5. The van der Waals surface area contributed by atoms with E-state index in [9.17, 15) is 0 Å². The quantitative estimate of drug-likeness (QED) is 0.589. The lowest BCUT2D eigenvalue weighted by molar-refractivity contribution is 0.444. The molecule has 0 heterocycles. The number of hydrogen-bond donors (Lipinski definition) is 2. The first-order valence-corrected chi connectivity index (χ1v) is 6.53. The summed E-state index contributed by atoms with van der Waals surface area (Å²) >= 11 is 0.